The third-order valence-electron chi connectivity index (χ3n) is 4.20. The van der Waals surface area contributed by atoms with Crippen LogP contribution in [-0.2, 0) is 0 Å². The number of hydrogen-bond acceptors (Lipinski definition) is 7. The van der Waals surface area contributed by atoms with Gasteiger partial charge in [-0.1, -0.05) is 0 Å². The van der Waals surface area contributed by atoms with Crippen molar-refractivity contribution in [3.8, 4) is 0 Å². The lowest BCUT2D eigenvalue weighted by atomic mass is 10.2. The minimum Gasteiger partial charge on any atom is -0.340 e. The Morgan fingerprint density at radius 1 is 0.733 bits per heavy atom. The van der Waals surface area contributed by atoms with Crippen LogP contribution in [0.4, 0.5) is 28.8 Å². The zero-order chi connectivity index (χ0) is 20.8. The molecule has 0 bridgehead atoms. The maximum absolute atomic E-state index is 12.2. The zero-order valence-electron chi connectivity index (χ0n) is 16.2. The molecule has 1 aromatic carbocycles. The van der Waals surface area contributed by atoms with Crippen molar-refractivity contribution in [1.82, 2.24) is 19.9 Å². The molecule has 3 N–H and O–H groups in total. The minimum atomic E-state index is -0.186. The zero-order valence-corrected chi connectivity index (χ0v) is 16.2. The van der Waals surface area contributed by atoms with Gasteiger partial charge >= 0.3 is 0 Å². The van der Waals surface area contributed by atoms with Crippen LogP contribution in [0.3, 0.4) is 0 Å². The van der Waals surface area contributed by atoms with Crippen molar-refractivity contribution >= 4 is 34.7 Å². The van der Waals surface area contributed by atoms with E-state index in [1.807, 2.05) is 43.3 Å². The fourth-order valence-corrected chi connectivity index (χ4v) is 2.72. The molecule has 8 heteroatoms. The van der Waals surface area contributed by atoms with Crippen molar-refractivity contribution in [1.29, 1.82) is 0 Å². The van der Waals surface area contributed by atoms with Crippen LogP contribution in [0.1, 0.15) is 15.9 Å². The molecule has 4 aromatic rings. The van der Waals surface area contributed by atoms with Crippen molar-refractivity contribution in [2.24, 2.45) is 0 Å². The summed E-state index contributed by atoms with van der Waals surface area (Å²) in [5.41, 5.74) is 3.18. The molecule has 8 nitrogen and oxygen atoms in total. The van der Waals surface area contributed by atoms with Gasteiger partial charge in [-0.15, -0.1) is 0 Å². The quantitative estimate of drug-likeness (QED) is 0.445. The van der Waals surface area contributed by atoms with Gasteiger partial charge in [-0.2, -0.15) is 0 Å². The lowest BCUT2D eigenvalue weighted by Gasteiger charge is -2.10. The Bertz CT molecular complexity index is 1150. The smallest absolute Gasteiger partial charge is 0.255 e. The van der Waals surface area contributed by atoms with E-state index in [0.717, 1.165) is 11.3 Å². The molecule has 0 radical (unpaired) electrons. The molecule has 0 aliphatic heterocycles. The highest BCUT2D eigenvalue weighted by Gasteiger charge is 2.06. The molecule has 4 rings (SSSR count). The molecule has 1 amide bonds. The monoisotopic (exact) mass is 397 g/mol. The van der Waals surface area contributed by atoms with E-state index in [4.69, 9.17) is 0 Å². The Morgan fingerprint density at radius 2 is 1.40 bits per heavy atom. The highest BCUT2D eigenvalue weighted by atomic mass is 16.1. The number of pyridine rings is 2. The predicted molar refractivity (Wildman–Crippen MR) is 116 cm³/mol. The lowest BCUT2D eigenvalue weighted by Crippen LogP contribution is -2.11. The van der Waals surface area contributed by atoms with Gasteiger partial charge in [0.05, 0.1) is 0 Å². The van der Waals surface area contributed by atoms with Crippen LogP contribution in [0.25, 0.3) is 0 Å². The number of nitrogens with one attached hydrogen (secondary N) is 3. The fraction of sp³-hybridized carbons (Fsp3) is 0.0455. The summed E-state index contributed by atoms with van der Waals surface area (Å²) in [5.74, 6) is 1.80. The summed E-state index contributed by atoms with van der Waals surface area (Å²) in [7, 11) is 0. The average molecular weight is 397 g/mol. The van der Waals surface area contributed by atoms with E-state index < -0.39 is 0 Å². The second kappa shape index (κ2) is 8.78. The van der Waals surface area contributed by atoms with Crippen molar-refractivity contribution in [3.63, 3.8) is 0 Å². The molecule has 0 saturated heterocycles. The van der Waals surface area contributed by atoms with Crippen molar-refractivity contribution < 1.29 is 4.79 Å². The molecular weight excluding hydrogens is 378 g/mol. The molecule has 0 aliphatic rings. The molecule has 3 aromatic heterocycles. The maximum Gasteiger partial charge on any atom is 0.255 e. The number of carbonyl (C=O) groups is 1. The molecule has 0 spiro atoms. The highest BCUT2D eigenvalue weighted by molar-refractivity contribution is 6.04. The van der Waals surface area contributed by atoms with Gasteiger partial charge in [-0.05, 0) is 61.0 Å². The first-order valence-corrected chi connectivity index (χ1v) is 9.26. The Balaban J connectivity index is 1.40. The summed E-state index contributed by atoms with van der Waals surface area (Å²) >= 11 is 0. The van der Waals surface area contributed by atoms with Crippen LogP contribution in [0.5, 0.6) is 0 Å². The predicted octanol–water partition coefficient (Wildman–Crippen LogP) is 4.31. The molecule has 30 heavy (non-hydrogen) atoms. The second-order valence-electron chi connectivity index (χ2n) is 6.52. The van der Waals surface area contributed by atoms with Gasteiger partial charge in [-0.3, -0.25) is 9.78 Å². The third-order valence-corrected chi connectivity index (χ3v) is 4.20. The topological polar surface area (TPSA) is 105 Å². The molecule has 0 unspecified atom stereocenters. The number of aromatic nitrogens is 4. The first-order valence-electron chi connectivity index (χ1n) is 9.26. The van der Waals surface area contributed by atoms with Crippen molar-refractivity contribution in [3.05, 3.63) is 90.6 Å². The van der Waals surface area contributed by atoms with Crippen LogP contribution >= 0.6 is 0 Å². The van der Waals surface area contributed by atoms with Crippen LogP contribution in [0.2, 0.25) is 0 Å². The van der Waals surface area contributed by atoms with E-state index in [1.54, 1.807) is 36.8 Å². The normalized spacial score (nSPS) is 10.3. The Morgan fingerprint density at radius 3 is 2.13 bits per heavy atom. The molecule has 0 atom stereocenters. The van der Waals surface area contributed by atoms with E-state index in [-0.39, 0.29) is 5.91 Å². The number of carbonyl (C=O) groups excluding carboxylic acids is 1. The van der Waals surface area contributed by atoms with E-state index in [9.17, 15) is 4.79 Å². The fourth-order valence-electron chi connectivity index (χ4n) is 2.72. The highest BCUT2D eigenvalue weighted by Crippen LogP contribution is 2.20. The number of nitrogens with zero attached hydrogens (tertiary/aromatic N) is 4. The SMILES string of the molecule is Cc1ccnc(Nc2cc(Nc3ccc(NC(=O)c4ccncc4)cc3)ncn2)c1. The van der Waals surface area contributed by atoms with E-state index in [0.29, 0.717) is 28.7 Å². The average Bonchev–Trinajstić information content (AvgIpc) is 2.76. The molecule has 0 saturated carbocycles. The molecule has 0 aliphatic carbocycles. The first-order chi connectivity index (χ1) is 14.7. The van der Waals surface area contributed by atoms with Crippen molar-refractivity contribution in [2.45, 2.75) is 6.92 Å². The van der Waals surface area contributed by atoms with Gasteiger partial charge in [0, 0.05) is 41.6 Å². The number of aryl methyl sites for hydroxylation is 1. The van der Waals surface area contributed by atoms with E-state index in [2.05, 4.69) is 35.9 Å². The third kappa shape index (κ3) is 4.93. The van der Waals surface area contributed by atoms with Gasteiger partial charge < -0.3 is 16.0 Å². The summed E-state index contributed by atoms with van der Waals surface area (Å²) in [6.07, 6.45) is 6.39. The standard InChI is InChI=1S/C22H19N7O/c1-15-6-11-24-19(12-15)29-21-13-20(25-14-26-21)27-17-2-4-18(5-3-17)28-22(30)16-7-9-23-10-8-16/h2-14H,1H3,(H,28,30)(H2,24,25,26,27,29). The number of anilines is 5. The Hall–Kier alpha value is -4.33. The second-order valence-corrected chi connectivity index (χ2v) is 6.52. The van der Waals surface area contributed by atoms with Crippen LogP contribution in [0, 0.1) is 6.92 Å². The number of amides is 1. The van der Waals surface area contributed by atoms with Crippen LogP contribution < -0.4 is 16.0 Å². The van der Waals surface area contributed by atoms with E-state index >= 15 is 0 Å². The minimum absolute atomic E-state index is 0.186. The summed E-state index contributed by atoms with van der Waals surface area (Å²) in [4.78, 5) is 28.9. The van der Waals surface area contributed by atoms with Crippen molar-refractivity contribution in [2.75, 3.05) is 16.0 Å². The molecule has 148 valence electrons. The lowest BCUT2D eigenvalue weighted by molar-refractivity contribution is 0.102. The summed E-state index contributed by atoms with van der Waals surface area (Å²) in [6, 6.07) is 16.4. The van der Waals surface area contributed by atoms with Gasteiger partial charge in [-0.25, -0.2) is 15.0 Å². The molecule has 3 heterocycles. The van der Waals surface area contributed by atoms with Crippen LogP contribution in [-0.4, -0.2) is 25.8 Å². The maximum atomic E-state index is 12.2. The van der Waals surface area contributed by atoms with Gasteiger partial charge in [0.2, 0.25) is 0 Å². The molecule has 0 fully saturated rings. The first kappa shape index (κ1) is 19.0. The summed E-state index contributed by atoms with van der Waals surface area (Å²) in [6.45, 7) is 2.00. The molecular formula is C22H19N7O. The van der Waals surface area contributed by atoms with Crippen LogP contribution in [0.15, 0.2) is 79.5 Å². The summed E-state index contributed by atoms with van der Waals surface area (Å²) in [5, 5.41) is 9.24. The Kier molecular flexibility index (Phi) is 5.56. The number of hydrogen-bond donors (Lipinski definition) is 3. The Labute approximate surface area is 173 Å². The van der Waals surface area contributed by atoms with E-state index in [1.165, 1.54) is 6.33 Å². The van der Waals surface area contributed by atoms with Gasteiger partial charge in [0.15, 0.2) is 0 Å². The van der Waals surface area contributed by atoms with Gasteiger partial charge in [0.25, 0.3) is 5.91 Å². The number of rotatable bonds is 6. The summed E-state index contributed by atoms with van der Waals surface area (Å²) < 4.78 is 0. The number of benzene rings is 1. The largest absolute Gasteiger partial charge is 0.340 e. The van der Waals surface area contributed by atoms with Gasteiger partial charge in [0.1, 0.15) is 23.8 Å².